The zero-order valence-corrected chi connectivity index (χ0v) is 16.1. The number of methoxy groups -OCH3 is 1. The Morgan fingerprint density at radius 3 is 1.89 bits per heavy atom. The second kappa shape index (κ2) is 10.3. The number of carbonyl (C=O) groups excluding carboxylic acids is 1. The summed E-state index contributed by atoms with van der Waals surface area (Å²) in [6.45, 7) is 1.59. The fourth-order valence-corrected chi connectivity index (χ4v) is 3.12. The molecule has 3 rings (SSSR count). The molecular weight excluding hydrogens is 348 g/mol. The lowest BCUT2D eigenvalue weighted by molar-refractivity contribution is -0.116. The van der Waals surface area contributed by atoms with Crippen molar-refractivity contribution >= 4 is 17.3 Å². The summed E-state index contributed by atoms with van der Waals surface area (Å²) in [7, 11) is 1.70. The van der Waals surface area contributed by atoms with Crippen molar-refractivity contribution in [2.45, 2.75) is 12.3 Å². The number of carbonyl (C=O) groups is 1. The highest BCUT2D eigenvalue weighted by molar-refractivity contribution is 5.98. The van der Waals surface area contributed by atoms with Crippen LogP contribution in [0, 0.1) is 0 Å². The molecule has 0 atom stereocenters. The summed E-state index contributed by atoms with van der Waals surface area (Å²) in [4.78, 5) is 13.1. The molecule has 0 bridgehead atoms. The monoisotopic (exact) mass is 374 g/mol. The Bertz CT molecular complexity index is 809. The predicted octanol–water partition coefficient (Wildman–Crippen LogP) is 4.91. The number of ether oxygens (including phenoxy) is 1. The molecule has 0 aliphatic rings. The molecule has 0 fully saturated rings. The highest BCUT2D eigenvalue weighted by atomic mass is 16.5. The summed E-state index contributed by atoms with van der Waals surface area (Å²) in [6.07, 6.45) is 0.949. The van der Waals surface area contributed by atoms with Gasteiger partial charge < -0.3 is 15.4 Å². The summed E-state index contributed by atoms with van der Waals surface area (Å²) in [5, 5.41) is 6.40. The van der Waals surface area contributed by atoms with E-state index in [0.717, 1.165) is 42.1 Å². The summed E-state index contributed by atoms with van der Waals surface area (Å²) in [5.41, 5.74) is 3.76. The molecule has 0 saturated heterocycles. The first kappa shape index (κ1) is 19.6. The van der Waals surface area contributed by atoms with Crippen molar-refractivity contribution in [2.75, 3.05) is 30.9 Å². The van der Waals surface area contributed by atoms with Gasteiger partial charge in [-0.25, -0.2) is 0 Å². The molecule has 2 N–H and O–H groups in total. The maximum atomic E-state index is 13.1. The number of benzene rings is 3. The Balaban J connectivity index is 1.70. The van der Waals surface area contributed by atoms with Crippen molar-refractivity contribution in [3.8, 4) is 0 Å². The number of hydrogen-bond donors (Lipinski definition) is 2. The van der Waals surface area contributed by atoms with Gasteiger partial charge in [0.15, 0.2) is 0 Å². The third-order valence-corrected chi connectivity index (χ3v) is 4.53. The Labute approximate surface area is 166 Å². The minimum absolute atomic E-state index is 0.0433. The van der Waals surface area contributed by atoms with Crippen LogP contribution in [-0.4, -0.2) is 26.2 Å². The van der Waals surface area contributed by atoms with Crippen LogP contribution in [0.1, 0.15) is 23.5 Å². The molecule has 0 aliphatic heterocycles. The molecule has 4 heteroatoms. The molecular formula is C24H26N2O2. The lowest BCUT2D eigenvalue weighted by Gasteiger charge is -2.18. The Morgan fingerprint density at radius 2 is 1.36 bits per heavy atom. The smallest absolute Gasteiger partial charge is 0.236 e. The average Bonchev–Trinajstić information content (AvgIpc) is 2.74. The Kier molecular flexibility index (Phi) is 7.21. The quantitative estimate of drug-likeness (QED) is 0.524. The molecule has 0 aromatic heterocycles. The molecule has 0 radical (unpaired) electrons. The summed E-state index contributed by atoms with van der Waals surface area (Å²) in [5.74, 6) is -0.396. The molecule has 3 aromatic carbocycles. The molecule has 0 saturated carbocycles. The summed E-state index contributed by atoms with van der Waals surface area (Å²) >= 11 is 0. The van der Waals surface area contributed by atoms with Crippen LogP contribution in [0.4, 0.5) is 11.4 Å². The van der Waals surface area contributed by atoms with E-state index in [1.807, 2.05) is 84.9 Å². The van der Waals surface area contributed by atoms with Crippen molar-refractivity contribution in [2.24, 2.45) is 0 Å². The van der Waals surface area contributed by atoms with E-state index in [1.54, 1.807) is 7.11 Å². The van der Waals surface area contributed by atoms with E-state index >= 15 is 0 Å². The molecule has 0 unspecified atom stereocenters. The molecule has 4 nitrogen and oxygen atoms in total. The van der Waals surface area contributed by atoms with E-state index in [1.165, 1.54) is 0 Å². The fourth-order valence-electron chi connectivity index (χ4n) is 3.12. The molecule has 0 aliphatic carbocycles. The first-order valence-corrected chi connectivity index (χ1v) is 9.51. The largest absolute Gasteiger partial charge is 0.385 e. The van der Waals surface area contributed by atoms with Crippen molar-refractivity contribution in [3.05, 3.63) is 96.1 Å². The van der Waals surface area contributed by atoms with Gasteiger partial charge in [-0.1, -0.05) is 60.7 Å². The van der Waals surface area contributed by atoms with E-state index in [4.69, 9.17) is 4.74 Å². The van der Waals surface area contributed by atoms with Gasteiger partial charge in [0.1, 0.15) is 0 Å². The lowest BCUT2D eigenvalue weighted by atomic mass is 9.90. The van der Waals surface area contributed by atoms with E-state index in [2.05, 4.69) is 10.6 Å². The van der Waals surface area contributed by atoms with Crippen LogP contribution >= 0.6 is 0 Å². The molecule has 28 heavy (non-hydrogen) atoms. The second-order valence-corrected chi connectivity index (χ2v) is 6.59. The van der Waals surface area contributed by atoms with E-state index in [9.17, 15) is 4.79 Å². The van der Waals surface area contributed by atoms with Gasteiger partial charge >= 0.3 is 0 Å². The minimum atomic E-state index is -0.353. The van der Waals surface area contributed by atoms with Crippen LogP contribution in [0.3, 0.4) is 0 Å². The van der Waals surface area contributed by atoms with Gasteiger partial charge in [-0.15, -0.1) is 0 Å². The topological polar surface area (TPSA) is 50.4 Å². The Hall–Kier alpha value is -3.11. The first-order valence-electron chi connectivity index (χ1n) is 9.51. The minimum Gasteiger partial charge on any atom is -0.385 e. The average molecular weight is 374 g/mol. The predicted molar refractivity (Wildman–Crippen MR) is 115 cm³/mol. The third kappa shape index (κ3) is 5.44. The van der Waals surface area contributed by atoms with Crippen LogP contribution in [0.2, 0.25) is 0 Å². The van der Waals surface area contributed by atoms with Crippen molar-refractivity contribution in [1.82, 2.24) is 0 Å². The van der Waals surface area contributed by atoms with Gasteiger partial charge in [-0.3, -0.25) is 4.79 Å². The van der Waals surface area contributed by atoms with Crippen LogP contribution in [0.25, 0.3) is 0 Å². The zero-order chi connectivity index (χ0) is 19.6. The first-order chi connectivity index (χ1) is 13.8. The lowest BCUT2D eigenvalue weighted by Crippen LogP contribution is -2.22. The molecule has 3 aromatic rings. The van der Waals surface area contributed by atoms with Crippen molar-refractivity contribution in [1.29, 1.82) is 0 Å². The van der Waals surface area contributed by atoms with E-state index < -0.39 is 0 Å². The van der Waals surface area contributed by atoms with E-state index in [0.29, 0.717) is 0 Å². The maximum absolute atomic E-state index is 13.1. The Morgan fingerprint density at radius 1 is 0.821 bits per heavy atom. The third-order valence-electron chi connectivity index (χ3n) is 4.53. The standard InChI is InChI=1S/C24H26N2O2/c1-28-18-8-17-25-21-13-15-22(16-14-21)26-24(27)23(19-9-4-2-5-10-19)20-11-6-3-7-12-20/h2-7,9-16,23,25H,8,17-18H2,1H3,(H,26,27). The number of hydrogen-bond acceptors (Lipinski definition) is 3. The van der Waals surface area contributed by atoms with Crippen molar-refractivity contribution in [3.63, 3.8) is 0 Å². The SMILES string of the molecule is COCCCNc1ccc(NC(=O)C(c2ccccc2)c2ccccc2)cc1. The number of rotatable bonds is 9. The number of nitrogens with one attached hydrogen (secondary N) is 2. The maximum Gasteiger partial charge on any atom is 0.236 e. The van der Waals surface area contributed by atoms with Gasteiger partial charge in [0.25, 0.3) is 0 Å². The van der Waals surface area contributed by atoms with Gasteiger partial charge in [-0.2, -0.15) is 0 Å². The highest BCUT2D eigenvalue weighted by Crippen LogP contribution is 2.26. The molecule has 144 valence electrons. The molecule has 1 amide bonds. The zero-order valence-electron chi connectivity index (χ0n) is 16.1. The number of amides is 1. The highest BCUT2D eigenvalue weighted by Gasteiger charge is 2.22. The second-order valence-electron chi connectivity index (χ2n) is 6.59. The van der Waals surface area contributed by atoms with Gasteiger partial charge in [0.05, 0.1) is 5.92 Å². The van der Waals surface area contributed by atoms with Crippen molar-refractivity contribution < 1.29 is 9.53 Å². The molecule has 0 heterocycles. The van der Waals surface area contributed by atoms with Crippen LogP contribution in [-0.2, 0) is 9.53 Å². The summed E-state index contributed by atoms with van der Waals surface area (Å²) in [6, 6.07) is 27.5. The van der Waals surface area contributed by atoms with Gasteiger partial charge in [-0.05, 0) is 41.8 Å². The fraction of sp³-hybridized carbons (Fsp3) is 0.208. The molecule has 0 spiro atoms. The summed E-state index contributed by atoms with van der Waals surface area (Å²) < 4.78 is 5.05. The number of anilines is 2. The van der Waals surface area contributed by atoms with Gasteiger partial charge in [0, 0.05) is 31.6 Å². The van der Waals surface area contributed by atoms with Crippen LogP contribution in [0.5, 0.6) is 0 Å². The van der Waals surface area contributed by atoms with Gasteiger partial charge in [0.2, 0.25) is 5.91 Å². The van der Waals surface area contributed by atoms with Crippen LogP contribution < -0.4 is 10.6 Å². The normalized spacial score (nSPS) is 10.6. The van der Waals surface area contributed by atoms with E-state index in [-0.39, 0.29) is 11.8 Å². The van der Waals surface area contributed by atoms with Crippen LogP contribution in [0.15, 0.2) is 84.9 Å².